The maximum Gasteiger partial charge on any atom is 0.0491 e. The molecule has 0 aliphatic rings. The molecule has 1 N–H and O–H groups in total. The molecule has 0 amide bonds. The molecule has 53 valence electrons. The van der Waals surface area contributed by atoms with Crippen molar-refractivity contribution in [2.45, 2.75) is 19.8 Å². The van der Waals surface area contributed by atoms with Crippen molar-refractivity contribution in [1.29, 1.82) is 0 Å². The van der Waals surface area contributed by atoms with Crippen LogP contribution in [-0.2, 0) is 0 Å². The minimum Gasteiger partial charge on any atom is -0.396 e. The lowest BCUT2D eigenvalue weighted by Gasteiger charge is -1.96. The van der Waals surface area contributed by atoms with Gasteiger partial charge in [-0.05, 0) is 18.8 Å². The monoisotopic (exact) mass is 127 g/mol. The third-order valence-electron chi connectivity index (χ3n) is 1.12. The molecule has 0 fully saturated rings. The van der Waals surface area contributed by atoms with Gasteiger partial charge in [0.15, 0.2) is 0 Å². The molecule has 1 heteroatoms. The summed E-state index contributed by atoms with van der Waals surface area (Å²) in [6.07, 6.45) is 6.04. The van der Waals surface area contributed by atoms with Gasteiger partial charge in [0.05, 0.1) is 0 Å². The summed E-state index contributed by atoms with van der Waals surface area (Å²) >= 11 is 0. The lowest BCUT2D eigenvalue weighted by molar-refractivity contribution is 0.262. The highest BCUT2D eigenvalue weighted by atomic mass is 16.3. The molecule has 1 atom stereocenters. The molecule has 0 heterocycles. The van der Waals surface area contributed by atoms with Crippen LogP contribution in [0.3, 0.4) is 0 Å². The van der Waals surface area contributed by atoms with E-state index >= 15 is 0 Å². The largest absolute Gasteiger partial charge is 0.396 e. The van der Waals surface area contributed by atoms with Crippen molar-refractivity contribution in [3.05, 3.63) is 19.1 Å². The van der Waals surface area contributed by atoms with E-state index in [1.54, 1.807) is 0 Å². The molecule has 0 saturated carbocycles. The second-order valence-corrected chi connectivity index (χ2v) is 2.23. The maximum absolute atomic E-state index is 8.57. The summed E-state index contributed by atoms with van der Waals surface area (Å²) in [6, 6.07) is 0. The number of rotatable bonds is 4. The van der Waals surface area contributed by atoms with E-state index < -0.39 is 0 Å². The molecular formula is C8H15O. The molecular weight excluding hydrogens is 112 g/mol. The summed E-state index contributed by atoms with van der Waals surface area (Å²) in [6.45, 7) is 5.92. The van der Waals surface area contributed by atoms with Crippen LogP contribution in [-0.4, -0.2) is 11.7 Å². The Morgan fingerprint density at radius 3 is 2.78 bits per heavy atom. The Balaban J connectivity index is 3.20. The molecule has 0 aromatic rings. The van der Waals surface area contributed by atoms with Gasteiger partial charge in [0.1, 0.15) is 0 Å². The van der Waals surface area contributed by atoms with E-state index in [2.05, 4.69) is 13.0 Å². The maximum atomic E-state index is 8.57. The van der Waals surface area contributed by atoms with Crippen LogP contribution in [0.15, 0.2) is 12.2 Å². The van der Waals surface area contributed by atoms with Gasteiger partial charge in [-0.3, -0.25) is 0 Å². The van der Waals surface area contributed by atoms with Crippen molar-refractivity contribution in [3.63, 3.8) is 0 Å². The molecule has 0 aliphatic carbocycles. The van der Waals surface area contributed by atoms with Crippen molar-refractivity contribution in [3.8, 4) is 0 Å². The minimum atomic E-state index is 0.244. The molecule has 0 aliphatic heterocycles. The average molecular weight is 127 g/mol. The molecule has 1 radical (unpaired) electrons. The molecule has 0 spiro atoms. The second kappa shape index (κ2) is 5.83. The van der Waals surface area contributed by atoms with Crippen LogP contribution in [0.2, 0.25) is 0 Å². The smallest absolute Gasteiger partial charge is 0.0491 e. The lowest BCUT2D eigenvalue weighted by atomic mass is 10.1. The number of aliphatic hydroxyl groups is 1. The third kappa shape index (κ3) is 5.57. The van der Waals surface area contributed by atoms with Crippen LogP contribution < -0.4 is 0 Å². The van der Waals surface area contributed by atoms with E-state index in [9.17, 15) is 0 Å². The van der Waals surface area contributed by atoms with Crippen molar-refractivity contribution >= 4 is 0 Å². The quantitative estimate of drug-likeness (QED) is 0.571. The molecule has 1 nitrogen and oxygen atoms in total. The molecule has 0 saturated heterocycles. The summed E-state index contributed by atoms with van der Waals surface area (Å²) in [5.41, 5.74) is 0. The summed E-state index contributed by atoms with van der Waals surface area (Å²) < 4.78 is 0. The van der Waals surface area contributed by atoms with E-state index in [0.29, 0.717) is 5.92 Å². The van der Waals surface area contributed by atoms with Gasteiger partial charge >= 0.3 is 0 Å². The molecule has 0 rings (SSSR count). The average Bonchev–Trinajstić information content (AvgIpc) is 1.89. The van der Waals surface area contributed by atoms with Gasteiger partial charge in [-0.2, -0.15) is 0 Å². The van der Waals surface area contributed by atoms with Gasteiger partial charge in [0, 0.05) is 6.61 Å². The Bertz CT molecular complexity index is 76.6. The number of allylic oxidation sites excluding steroid dienone is 1. The predicted molar refractivity (Wildman–Crippen MR) is 40.0 cm³/mol. The Morgan fingerprint density at radius 1 is 1.67 bits per heavy atom. The topological polar surface area (TPSA) is 20.2 Å². The molecule has 0 aromatic heterocycles. The molecule has 0 bridgehead atoms. The highest BCUT2D eigenvalue weighted by Crippen LogP contribution is 1.96. The standard InChI is InChI=1S/C8H15O/c1-3-4-5-6-8(2)7-9/h5-6,8-9H,1,3-4,7H2,2H3/b6-5+. The van der Waals surface area contributed by atoms with Crippen LogP contribution in [0.1, 0.15) is 19.8 Å². The lowest BCUT2D eigenvalue weighted by Crippen LogP contribution is -1.94. The van der Waals surface area contributed by atoms with Crippen molar-refractivity contribution in [2.24, 2.45) is 5.92 Å². The van der Waals surface area contributed by atoms with E-state index in [-0.39, 0.29) is 6.61 Å². The fourth-order valence-corrected chi connectivity index (χ4v) is 0.507. The zero-order chi connectivity index (χ0) is 7.11. The summed E-state index contributed by atoms with van der Waals surface area (Å²) in [4.78, 5) is 0. The fourth-order valence-electron chi connectivity index (χ4n) is 0.507. The van der Waals surface area contributed by atoms with Crippen LogP contribution in [0.5, 0.6) is 0 Å². The van der Waals surface area contributed by atoms with E-state index in [1.165, 1.54) is 0 Å². The van der Waals surface area contributed by atoms with E-state index in [1.807, 2.05) is 13.0 Å². The van der Waals surface area contributed by atoms with E-state index in [4.69, 9.17) is 5.11 Å². The molecule has 9 heavy (non-hydrogen) atoms. The first-order valence-electron chi connectivity index (χ1n) is 3.38. The highest BCUT2D eigenvalue weighted by molar-refractivity contribution is 4.85. The van der Waals surface area contributed by atoms with Gasteiger partial charge in [0.25, 0.3) is 0 Å². The van der Waals surface area contributed by atoms with Gasteiger partial charge in [-0.1, -0.05) is 26.0 Å². The first-order valence-corrected chi connectivity index (χ1v) is 3.38. The van der Waals surface area contributed by atoms with Crippen LogP contribution >= 0.6 is 0 Å². The first kappa shape index (κ1) is 8.70. The van der Waals surface area contributed by atoms with Gasteiger partial charge < -0.3 is 5.11 Å². The fraction of sp³-hybridized carbons (Fsp3) is 0.625. The van der Waals surface area contributed by atoms with Crippen LogP contribution in [0.25, 0.3) is 0 Å². The Kier molecular flexibility index (Phi) is 5.64. The summed E-state index contributed by atoms with van der Waals surface area (Å²) in [7, 11) is 0. The third-order valence-corrected chi connectivity index (χ3v) is 1.12. The molecule has 0 aromatic carbocycles. The van der Waals surface area contributed by atoms with Crippen molar-refractivity contribution in [1.82, 2.24) is 0 Å². The van der Waals surface area contributed by atoms with E-state index in [0.717, 1.165) is 12.8 Å². The predicted octanol–water partition coefficient (Wildman–Crippen LogP) is 1.79. The normalized spacial score (nSPS) is 14.6. The minimum absolute atomic E-state index is 0.244. The number of aliphatic hydroxyl groups excluding tert-OH is 1. The number of unbranched alkanes of at least 4 members (excludes halogenated alkanes) is 1. The highest BCUT2D eigenvalue weighted by Gasteiger charge is 1.89. The first-order chi connectivity index (χ1) is 4.31. The van der Waals surface area contributed by atoms with Gasteiger partial charge in [0.2, 0.25) is 0 Å². The number of hydrogen-bond acceptors (Lipinski definition) is 1. The van der Waals surface area contributed by atoms with Crippen molar-refractivity contribution < 1.29 is 5.11 Å². The van der Waals surface area contributed by atoms with Crippen LogP contribution in [0.4, 0.5) is 0 Å². The van der Waals surface area contributed by atoms with Gasteiger partial charge in [-0.15, -0.1) is 0 Å². The number of hydrogen-bond donors (Lipinski definition) is 1. The summed E-state index contributed by atoms with van der Waals surface area (Å²) in [5, 5.41) is 8.57. The SMILES string of the molecule is [CH2]CC/C=C/C(C)CO. The van der Waals surface area contributed by atoms with Crippen molar-refractivity contribution in [2.75, 3.05) is 6.61 Å². The molecule has 1 unspecified atom stereocenters. The van der Waals surface area contributed by atoms with Crippen LogP contribution in [0, 0.1) is 12.8 Å². The zero-order valence-corrected chi connectivity index (χ0v) is 6.01. The zero-order valence-electron chi connectivity index (χ0n) is 6.01. The summed E-state index contributed by atoms with van der Waals surface area (Å²) in [5.74, 6) is 0.302. The van der Waals surface area contributed by atoms with Gasteiger partial charge in [-0.25, -0.2) is 0 Å². The Labute approximate surface area is 57.4 Å². The Hall–Kier alpha value is -0.300. The Morgan fingerprint density at radius 2 is 2.33 bits per heavy atom. The second-order valence-electron chi connectivity index (χ2n) is 2.23.